The maximum absolute atomic E-state index is 14.2. The number of carbonyl (C=O) groups excluding carboxylic acids is 1. The van der Waals surface area contributed by atoms with E-state index in [0.29, 0.717) is 33.4 Å². The van der Waals surface area contributed by atoms with Crippen LogP contribution in [0.4, 0.5) is 18.9 Å². The van der Waals surface area contributed by atoms with Crippen molar-refractivity contribution in [1.29, 1.82) is 0 Å². The number of amides is 1. The number of halogens is 4. The van der Waals surface area contributed by atoms with Gasteiger partial charge in [0.15, 0.2) is 0 Å². The number of oxime groups is 1. The zero-order valence-electron chi connectivity index (χ0n) is 20.3. The van der Waals surface area contributed by atoms with Crippen LogP contribution in [-0.4, -0.2) is 48.1 Å². The van der Waals surface area contributed by atoms with E-state index in [0.717, 1.165) is 0 Å². The summed E-state index contributed by atoms with van der Waals surface area (Å²) in [7, 11) is 0.766. The Morgan fingerprint density at radius 3 is 2.68 bits per heavy atom. The quantitative estimate of drug-likeness (QED) is 0.479. The predicted octanol–water partition coefficient (Wildman–Crippen LogP) is 4.45. The number of carbonyl (C=O) groups is 1. The number of anilines is 1. The lowest BCUT2D eigenvalue weighted by Crippen LogP contribution is -2.47. The van der Waals surface area contributed by atoms with E-state index in [9.17, 15) is 23.0 Å². The highest BCUT2D eigenvalue weighted by molar-refractivity contribution is 6.65. The molecule has 0 saturated heterocycles. The lowest BCUT2D eigenvalue weighted by molar-refractivity contribution is -0.275. The average Bonchev–Trinajstić information content (AvgIpc) is 3.33. The molecule has 3 aromatic carbocycles. The summed E-state index contributed by atoms with van der Waals surface area (Å²) in [4.78, 5) is 19.5. The Morgan fingerprint density at radius 2 is 1.97 bits per heavy atom. The summed E-state index contributed by atoms with van der Waals surface area (Å²) in [6.45, 7) is 1.69. The third kappa shape index (κ3) is 4.52. The summed E-state index contributed by atoms with van der Waals surface area (Å²) < 4.78 is 42.6. The first-order chi connectivity index (χ1) is 18.0. The molecule has 3 aromatic rings. The zero-order chi connectivity index (χ0) is 27.2. The van der Waals surface area contributed by atoms with E-state index in [1.807, 2.05) is 0 Å². The molecule has 1 atom stereocenters. The largest absolute Gasteiger partial charge is 0.466 e. The Morgan fingerprint density at radius 1 is 1.18 bits per heavy atom. The Balaban J connectivity index is 1.36. The van der Waals surface area contributed by atoms with Crippen molar-refractivity contribution in [3.63, 3.8) is 0 Å². The summed E-state index contributed by atoms with van der Waals surface area (Å²) in [5, 5.41) is 21.1. The highest BCUT2D eigenvalue weighted by Crippen LogP contribution is 2.49. The van der Waals surface area contributed by atoms with Crippen molar-refractivity contribution in [3.05, 3.63) is 93.5 Å². The van der Waals surface area contributed by atoms with Gasteiger partial charge in [0.2, 0.25) is 0 Å². The lowest BCUT2D eigenvalue weighted by atomic mass is 9.70. The number of fused-ring (bicyclic) bond motifs is 1. The van der Waals surface area contributed by atoms with Crippen LogP contribution in [0, 0.1) is 6.92 Å². The molecule has 38 heavy (non-hydrogen) atoms. The molecule has 194 valence electrons. The second-order valence-electron chi connectivity index (χ2n) is 9.16. The number of hydrogen-bond donors (Lipinski definition) is 2. The lowest BCUT2D eigenvalue weighted by Gasteiger charge is -2.29. The van der Waals surface area contributed by atoms with Crippen LogP contribution in [-0.2, 0) is 10.4 Å². The molecule has 0 fully saturated rings. The standard InChI is InChI=1S/C26H21BClF3N4O3/c1-15-10-16(23-13-25(38-34-23,26(29,30)31)18-4-3-5-19(28)12-18)6-8-21(15)24(36)33-20-7-9-22-17(11-20)14-32-35(2)27(22)37/h3-12,14,37H,13H2,1-2H3,(H,33,36). The molecule has 0 aliphatic carbocycles. The number of benzene rings is 3. The van der Waals surface area contributed by atoms with E-state index in [-0.39, 0.29) is 16.3 Å². The van der Waals surface area contributed by atoms with Gasteiger partial charge in [-0.25, -0.2) is 0 Å². The summed E-state index contributed by atoms with van der Waals surface area (Å²) in [6, 6.07) is 15.2. The number of nitrogens with zero attached hydrogens (tertiary/aromatic N) is 3. The van der Waals surface area contributed by atoms with Crippen molar-refractivity contribution in [2.45, 2.75) is 25.1 Å². The minimum atomic E-state index is -4.75. The van der Waals surface area contributed by atoms with Crippen LogP contribution >= 0.6 is 11.6 Å². The van der Waals surface area contributed by atoms with Gasteiger partial charge in [-0.1, -0.05) is 41.0 Å². The maximum Gasteiger partial charge on any atom is 0.466 e. The average molecular weight is 541 g/mol. The molecule has 0 saturated carbocycles. The second kappa shape index (κ2) is 9.48. The SMILES string of the molecule is Cc1cc(C2=NOC(c3cccc(Cl)c3)(C(F)(F)F)C2)ccc1C(=O)Nc1ccc2c(c1)C=NN(C)B2O. The molecule has 0 spiro atoms. The van der Waals surface area contributed by atoms with Gasteiger partial charge in [0.25, 0.3) is 11.5 Å². The number of aryl methyl sites for hydroxylation is 1. The van der Waals surface area contributed by atoms with E-state index in [2.05, 4.69) is 15.6 Å². The van der Waals surface area contributed by atoms with Gasteiger partial charge in [0, 0.05) is 35.3 Å². The molecule has 2 aliphatic rings. The van der Waals surface area contributed by atoms with E-state index >= 15 is 0 Å². The summed E-state index contributed by atoms with van der Waals surface area (Å²) in [5.41, 5.74) is 0.451. The van der Waals surface area contributed by atoms with Gasteiger partial charge in [-0.05, 0) is 65.5 Å². The van der Waals surface area contributed by atoms with Crippen LogP contribution in [0.1, 0.15) is 39.0 Å². The van der Waals surface area contributed by atoms with Crippen molar-refractivity contribution in [3.8, 4) is 0 Å². The summed E-state index contributed by atoms with van der Waals surface area (Å²) >= 11 is 5.94. The number of nitrogens with one attached hydrogen (secondary N) is 1. The molecule has 5 rings (SSSR count). The van der Waals surface area contributed by atoms with Crippen LogP contribution in [0.15, 0.2) is 70.9 Å². The number of hydrazone groups is 1. The van der Waals surface area contributed by atoms with Crippen molar-refractivity contribution < 1.29 is 27.8 Å². The molecule has 2 N–H and O–H groups in total. The zero-order valence-corrected chi connectivity index (χ0v) is 21.0. The van der Waals surface area contributed by atoms with Crippen LogP contribution in [0.5, 0.6) is 0 Å². The molecule has 2 aliphatic heterocycles. The minimum Gasteiger partial charge on any atom is -0.428 e. The smallest absolute Gasteiger partial charge is 0.428 e. The number of rotatable bonds is 4. The molecular formula is C26H21BClF3N4O3. The number of hydrogen-bond acceptors (Lipinski definition) is 6. The van der Waals surface area contributed by atoms with Gasteiger partial charge in [0.1, 0.15) is 0 Å². The minimum absolute atomic E-state index is 0.106. The van der Waals surface area contributed by atoms with Gasteiger partial charge in [-0.2, -0.15) is 18.3 Å². The Hall–Kier alpha value is -3.83. The van der Waals surface area contributed by atoms with Crippen LogP contribution in [0.25, 0.3) is 0 Å². The first kappa shape index (κ1) is 25.8. The Labute approximate surface area is 221 Å². The first-order valence-electron chi connectivity index (χ1n) is 11.6. The fourth-order valence-corrected chi connectivity index (χ4v) is 4.70. The summed E-state index contributed by atoms with van der Waals surface area (Å²) in [5.74, 6) is -0.396. The second-order valence-corrected chi connectivity index (χ2v) is 9.60. The normalized spacial score (nSPS) is 18.7. The van der Waals surface area contributed by atoms with Gasteiger partial charge in [-0.3, -0.25) is 4.79 Å². The molecule has 12 heteroatoms. The third-order valence-corrected chi connectivity index (χ3v) is 6.87. The van der Waals surface area contributed by atoms with Crippen LogP contribution < -0.4 is 10.8 Å². The van der Waals surface area contributed by atoms with E-state index in [4.69, 9.17) is 16.4 Å². The third-order valence-electron chi connectivity index (χ3n) is 6.64. The fourth-order valence-electron chi connectivity index (χ4n) is 4.51. The van der Waals surface area contributed by atoms with Gasteiger partial charge < -0.3 is 20.1 Å². The molecule has 0 radical (unpaired) electrons. The van der Waals surface area contributed by atoms with Gasteiger partial charge >= 0.3 is 13.2 Å². The van der Waals surface area contributed by atoms with E-state index < -0.39 is 31.2 Å². The van der Waals surface area contributed by atoms with Crippen molar-refractivity contribution >= 4 is 47.6 Å². The van der Waals surface area contributed by atoms with E-state index in [1.54, 1.807) is 50.5 Å². The van der Waals surface area contributed by atoms with E-state index in [1.165, 1.54) is 35.3 Å². The molecule has 0 aromatic heterocycles. The van der Waals surface area contributed by atoms with Gasteiger partial charge in [0.05, 0.1) is 11.9 Å². The maximum atomic E-state index is 14.2. The molecule has 1 unspecified atom stereocenters. The molecule has 2 heterocycles. The predicted molar refractivity (Wildman–Crippen MR) is 140 cm³/mol. The topological polar surface area (TPSA) is 86.5 Å². The molecule has 7 nitrogen and oxygen atoms in total. The Kier molecular flexibility index (Phi) is 6.44. The monoisotopic (exact) mass is 540 g/mol. The molecule has 1 amide bonds. The molecule has 0 bridgehead atoms. The summed E-state index contributed by atoms with van der Waals surface area (Å²) in [6.07, 6.45) is -3.70. The first-order valence-corrected chi connectivity index (χ1v) is 12.0. The van der Waals surface area contributed by atoms with Crippen molar-refractivity contribution in [1.82, 2.24) is 4.92 Å². The highest BCUT2D eigenvalue weighted by atomic mass is 35.5. The highest BCUT2D eigenvalue weighted by Gasteiger charge is 2.62. The van der Waals surface area contributed by atoms with Crippen LogP contribution in [0.2, 0.25) is 5.02 Å². The van der Waals surface area contributed by atoms with Crippen LogP contribution in [0.3, 0.4) is 0 Å². The molecular weight excluding hydrogens is 520 g/mol. The van der Waals surface area contributed by atoms with Crippen molar-refractivity contribution in [2.24, 2.45) is 10.3 Å². The van der Waals surface area contributed by atoms with Gasteiger partial charge in [-0.15, -0.1) is 0 Å². The fraction of sp³-hybridized carbons (Fsp3) is 0.192. The Bertz CT molecular complexity index is 1500. The number of alkyl halides is 3. The van der Waals surface area contributed by atoms with Crippen molar-refractivity contribution in [2.75, 3.05) is 12.4 Å².